The van der Waals surface area contributed by atoms with Gasteiger partial charge in [-0.1, -0.05) is 12.1 Å². The van der Waals surface area contributed by atoms with Crippen LogP contribution in [0.5, 0.6) is 5.88 Å². The number of hydrogen-bond acceptors (Lipinski definition) is 4. The summed E-state index contributed by atoms with van der Waals surface area (Å²) in [6, 6.07) is 9.67. The number of amides is 3. The Kier molecular flexibility index (Phi) is 4.92. The summed E-state index contributed by atoms with van der Waals surface area (Å²) in [4.78, 5) is 26.8. The summed E-state index contributed by atoms with van der Waals surface area (Å²) in [6.45, 7) is 0.341. The summed E-state index contributed by atoms with van der Waals surface area (Å²) in [7, 11) is 1.46. The molecule has 3 amide bonds. The molecule has 0 atom stereocenters. The average molecular weight is 300 g/mol. The van der Waals surface area contributed by atoms with Crippen molar-refractivity contribution >= 4 is 17.6 Å². The van der Waals surface area contributed by atoms with E-state index in [0.29, 0.717) is 17.8 Å². The molecule has 0 radical (unpaired) electrons. The minimum Gasteiger partial charge on any atom is -0.480 e. The van der Waals surface area contributed by atoms with Crippen molar-refractivity contribution < 1.29 is 14.3 Å². The lowest BCUT2D eigenvalue weighted by molar-refractivity contribution is 0.0947. The van der Waals surface area contributed by atoms with Crippen LogP contribution in [-0.2, 0) is 6.54 Å². The third kappa shape index (κ3) is 3.95. The Balaban J connectivity index is 1.97. The second-order valence-electron chi connectivity index (χ2n) is 4.43. The van der Waals surface area contributed by atoms with Crippen LogP contribution < -0.4 is 21.1 Å². The van der Waals surface area contributed by atoms with E-state index in [1.807, 2.05) is 0 Å². The highest BCUT2D eigenvalue weighted by atomic mass is 16.5. The molecule has 7 heteroatoms. The predicted molar refractivity (Wildman–Crippen MR) is 81.6 cm³/mol. The zero-order chi connectivity index (χ0) is 15.9. The molecule has 7 nitrogen and oxygen atoms in total. The van der Waals surface area contributed by atoms with Gasteiger partial charge in [0.05, 0.1) is 7.11 Å². The van der Waals surface area contributed by atoms with Gasteiger partial charge in [0.2, 0.25) is 5.88 Å². The maximum Gasteiger partial charge on any atom is 0.316 e. The van der Waals surface area contributed by atoms with E-state index in [-0.39, 0.29) is 11.8 Å². The third-order valence-electron chi connectivity index (χ3n) is 2.88. The molecule has 114 valence electrons. The van der Waals surface area contributed by atoms with Gasteiger partial charge in [0.25, 0.3) is 5.91 Å². The number of carbonyl (C=O) groups is 2. The van der Waals surface area contributed by atoms with Crippen LogP contribution in [0.4, 0.5) is 10.5 Å². The first-order valence-electron chi connectivity index (χ1n) is 6.52. The molecule has 0 spiro atoms. The molecule has 22 heavy (non-hydrogen) atoms. The molecule has 1 heterocycles. The largest absolute Gasteiger partial charge is 0.480 e. The lowest BCUT2D eigenvalue weighted by Crippen LogP contribution is -2.23. The number of urea groups is 1. The molecule has 0 fully saturated rings. The number of pyridine rings is 1. The molecular formula is C15H16N4O3. The van der Waals surface area contributed by atoms with Crippen LogP contribution in [0.15, 0.2) is 42.6 Å². The maximum atomic E-state index is 12.1. The fourth-order valence-corrected chi connectivity index (χ4v) is 1.85. The van der Waals surface area contributed by atoms with Gasteiger partial charge in [0.15, 0.2) is 0 Å². The molecule has 4 N–H and O–H groups in total. The number of nitrogens with zero attached hydrogens (tertiary/aromatic N) is 1. The molecular weight excluding hydrogens is 284 g/mol. The van der Waals surface area contributed by atoms with Crippen molar-refractivity contribution in [3.8, 4) is 5.88 Å². The normalized spacial score (nSPS) is 9.86. The number of methoxy groups -OCH3 is 1. The minimum absolute atomic E-state index is 0.274. The lowest BCUT2D eigenvalue weighted by Gasteiger charge is -2.09. The highest BCUT2D eigenvalue weighted by Gasteiger charge is 2.12. The second-order valence-corrected chi connectivity index (χ2v) is 4.43. The number of hydrogen-bond donors (Lipinski definition) is 3. The van der Waals surface area contributed by atoms with Crippen LogP contribution in [-0.4, -0.2) is 24.0 Å². The number of nitrogens with two attached hydrogens (primary N) is 1. The number of benzene rings is 1. The van der Waals surface area contributed by atoms with Crippen molar-refractivity contribution in [3.05, 3.63) is 53.7 Å². The number of anilines is 1. The third-order valence-corrected chi connectivity index (χ3v) is 2.88. The summed E-state index contributed by atoms with van der Waals surface area (Å²) in [6.07, 6.45) is 1.56. The van der Waals surface area contributed by atoms with E-state index in [1.54, 1.807) is 42.6 Å². The van der Waals surface area contributed by atoms with Gasteiger partial charge >= 0.3 is 6.03 Å². The fraction of sp³-hybridized carbons (Fsp3) is 0.133. The van der Waals surface area contributed by atoms with Gasteiger partial charge in [0, 0.05) is 18.4 Å². The Morgan fingerprint density at radius 2 is 1.95 bits per heavy atom. The standard InChI is InChI=1S/C15H16N4O3/c1-22-14-12(3-2-8-17-14)13(20)18-9-10-4-6-11(7-5-10)19-15(16)21/h2-8H,9H2,1H3,(H,18,20)(H3,16,19,21). The summed E-state index contributed by atoms with van der Waals surface area (Å²) in [5, 5.41) is 5.24. The van der Waals surface area contributed by atoms with Crippen LogP contribution in [0.3, 0.4) is 0 Å². The van der Waals surface area contributed by atoms with Crippen LogP contribution >= 0.6 is 0 Å². The number of ether oxygens (including phenoxy) is 1. The zero-order valence-electron chi connectivity index (χ0n) is 12.0. The van der Waals surface area contributed by atoms with Crippen LogP contribution in [0.25, 0.3) is 0 Å². The summed E-state index contributed by atoms with van der Waals surface area (Å²) >= 11 is 0. The van der Waals surface area contributed by atoms with Gasteiger partial charge in [-0.05, 0) is 29.8 Å². The molecule has 0 aliphatic rings. The minimum atomic E-state index is -0.621. The first kappa shape index (κ1) is 15.3. The van der Waals surface area contributed by atoms with E-state index in [0.717, 1.165) is 5.56 Å². The summed E-state index contributed by atoms with van der Waals surface area (Å²) in [5.41, 5.74) is 6.87. The molecule has 0 saturated heterocycles. The summed E-state index contributed by atoms with van der Waals surface area (Å²) in [5.74, 6) is 0.00490. The van der Waals surface area contributed by atoms with E-state index in [9.17, 15) is 9.59 Å². The molecule has 1 aromatic carbocycles. The van der Waals surface area contributed by atoms with E-state index < -0.39 is 6.03 Å². The zero-order valence-corrected chi connectivity index (χ0v) is 12.0. The van der Waals surface area contributed by atoms with Gasteiger partial charge in [-0.15, -0.1) is 0 Å². The monoisotopic (exact) mass is 300 g/mol. The number of rotatable bonds is 5. The van der Waals surface area contributed by atoms with Crippen LogP contribution in [0, 0.1) is 0 Å². The highest BCUT2D eigenvalue weighted by molar-refractivity contribution is 5.96. The first-order valence-corrected chi connectivity index (χ1v) is 6.52. The smallest absolute Gasteiger partial charge is 0.316 e. The molecule has 2 aromatic rings. The highest BCUT2D eigenvalue weighted by Crippen LogP contribution is 2.14. The van der Waals surface area contributed by atoms with E-state index >= 15 is 0 Å². The van der Waals surface area contributed by atoms with E-state index in [4.69, 9.17) is 10.5 Å². The van der Waals surface area contributed by atoms with Crippen molar-refractivity contribution in [2.24, 2.45) is 5.73 Å². The Morgan fingerprint density at radius 1 is 1.23 bits per heavy atom. The molecule has 0 aliphatic carbocycles. The number of aromatic nitrogens is 1. The van der Waals surface area contributed by atoms with Crippen molar-refractivity contribution in [1.82, 2.24) is 10.3 Å². The van der Waals surface area contributed by atoms with Crippen LogP contribution in [0.1, 0.15) is 15.9 Å². The van der Waals surface area contributed by atoms with Gasteiger partial charge in [-0.3, -0.25) is 4.79 Å². The van der Waals surface area contributed by atoms with Crippen LogP contribution in [0.2, 0.25) is 0 Å². The number of nitrogens with one attached hydrogen (secondary N) is 2. The first-order chi connectivity index (χ1) is 10.6. The maximum absolute atomic E-state index is 12.1. The molecule has 2 rings (SSSR count). The lowest BCUT2D eigenvalue weighted by atomic mass is 10.2. The van der Waals surface area contributed by atoms with Crippen molar-refractivity contribution in [3.63, 3.8) is 0 Å². The number of primary amides is 1. The predicted octanol–water partition coefficient (Wildman–Crippen LogP) is 1.51. The molecule has 0 aliphatic heterocycles. The molecule has 0 unspecified atom stereocenters. The SMILES string of the molecule is COc1ncccc1C(=O)NCc1ccc(NC(N)=O)cc1. The molecule has 1 aromatic heterocycles. The molecule has 0 bridgehead atoms. The van der Waals surface area contributed by atoms with Gasteiger partial charge in [-0.25, -0.2) is 9.78 Å². The Labute approximate surface area is 127 Å². The topological polar surface area (TPSA) is 106 Å². The van der Waals surface area contributed by atoms with Crippen molar-refractivity contribution in [2.45, 2.75) is 6.54 Å². The average Bonchev–Trinajstić information content (AvgIpc) is 2.53. The van der Waals surface area contributed by atoms with Crippen molar-refractivity contribution in [2.75, 3.05) is 12.4 Å². The molecule has 0 saturated carbocycles. The van der Waals surface area contributed by atoms with E-state index in [1.165, 1.54) is 7.11 Å². The Hall–Kier alpha value is -3.09. The number of carbonyl (C=O) groups excluding carboxylic acids is 2. The van der Waals surface area contributed by atoms with Gasteiger partial charge in [-0.2, -0.15) is 0 Å². The van der Waals surface area contributed by atoms with Gasteiger partial charge < -0.3 is 21.1 Å². The summed E-state index contributed by atoms with van der Waals surface area (Å²) < 4.78 is 5.05. The van der Waals surface area contributed by atoms with Crippen molar-refractivity contribution in [1.29, 1.82) is 0 Å². The quantitative estimate of drug-likeness (QED) is 0.778. The Bertz CT molecular complexity index is 671. The van der Waals surface area contributed by atoms with Gasteiger partial charge in [0.1, 0.15) is 5.56 Å². The Morgan fingerprint density at radius 3 is 2.59 bits per heavy atom. The fourth-order valence-electron chi connectivity index (χ4n) is 1.85. The second kappa shape index (κ2) is 7.07. The van der Waals surface area contributed by atoms with E-state index in [2.05, 4.69) is 15.6 Å².